The molecule has 1 rings (SSSR count). The number of nitrogens with zero attached hydrogens (tertiary/aromatic N) is 2. The van der Waals surface area contributed by atoms with E-state index in [1.165, 1.54) is 11.0 Å². The van der Waals surface area contributed by atoms with E-state index in [0.717, 1.165) is 12.3 Å². The molecule has 1 heterocycles. The first-order valence-electron chi connectivity index (χ1n) is 4.81. The highest BCUT2D eigenvalue weighted by Crippen LogP contribution is 2.04. The molecule has 1 aromatic rings. The largest absolute Gasteiger partial charge is 0.395 e. The van der Waals surface area contributed by atoms with Gasteiger partial charge in [-0.3, -0.25) is 4.79 Å². The van der Waals surface area contributed by atoms with Crippen molar-refractivity contribution >= 4 is 5.91 Å². The molecule has 0 radical (unpaired) electrons. The summed E-state index contributed by atoms with van der Waals surface area (Å²) in [6, 6.07) is 2.40. The first-order chi connectivity index (χ1) is 7.69. The first-order valence-corrected chi connectivity index (χ1v) is 4.81. The molecule has 0 saturated carbocycles. The molecule has 0 saturated heterocycles. The van der Waals surface area contributed by atoms with E-state index in [4.69, 9.17) is 10.2 Å². The van der Waals surface area contributed by atoms with Gasteiger partial charge in [0.1, 0.15) is 0 Å². The van der Waals surface area contributed by atoms with Crippen molar-refractivity contribution in [2.75, 3.05) is 26.3 Å². The topological polar surface area (TPSA) is 73.7 Å². The number of hydrogen-bond donors (Lipinski definition) is 2. The second-order valence-electron chi connectivity index (χ2n) is 3.11. The van der Waals surface area contributed by atoms with Crippen LogP contribution in [0.1, 0.15) is 10.4 Å². The standard InChI is InChI=1S/C10H13FN2O3/c11-9-2-1-8(7-12-9)10(16)13(3-5-14)4-6-15/h1-2,7,14-15H,3-6H2. The number of aliphatic hydroxyl groups excluding tert-OH is 2. The van der Waals surface area contributed by atoms with Gasteiger partial charge >= 0.3 is 0 Å². The average molecular weight is 228 g/mol. The molecule has 88 valence electrons. The Kier molecular flexibility index (Phi) is 4.81. The maximum absolute atomic E-state index is 12.5. The van der Waals surface area contributed by atoms with Gasteiger partial charge in [-0.05, 0) is 12.1 Å². The molecule has 0 aliphatic heterocycles. The first kappa shape index (κ1) is 12.5. The Hall–Kier alpha value is -1.53. The Morgan fingerprint density at radius 1 is 1.31 bits per heavy atom. The Morgan fingerprint density at radius 2 is 1.94 bits per heavy atom. The third kappa shape index (κ3) is 3.25. The van der Waals surface area contributed by atoms with E-state index in [-0.39, 0.29) is 31.9 Å². The highest BCUT2D eigenvalue weighted by atomic mass is 19.1. The quantitative estimate of drug-likeness (QED) is 0.675. The molecular formula is C10H13FN2O3. The maximum Gasteiger partial charge on any atom is 0.255 e. The lowest BCUT2D eigenvalue weighted by Crippen LogP contribution is -2.35. The number of aromatic nitrogens is 1. The van der Waals surface area contributed by atoms with Crippen molar-refractivity contribution < 1.29 is 19.4 Å². The number of carbonyl (C=O) groups is 1. The second-order valence-corrected chi connectivity index (χ2v) is 3.11. The lowest BCUT2D eigenvalue weighted by molar-refractivity contribution is 0.0684. The van der Waals surface area contributed by atoms with E-state index >= 15 is 0 Å². The monoisotopic (exact) mass is 228 g/mol. The number of rotatable bonds is 5. The van der Waals surface area contributed by atoms with Crippen LogP contribution in [0.4, 0.5) is 4.39 Å². The fourth-order valence-electron chi connectivity index (χ4n) is 1.24. The number of pyridine rings is 1. The van der Waals surface area contributed by atoms with Crippen LogP contribution >= 0.6 is 0 Å². The van der Waals surface area contributed by atoms with Crippen molar-refractivity contribution in [3.8, 4) is 0 Å². The maximum atomic E-state index is 12.5. The predicted molar refractivity (Wildman–Crippen MR) is 54.3 cm³/mol. The molecular weight excluding hydrogens is 215 g/mol. The van der Waals surface area contributed by atoms with Gasteiger partial charge in [0, 0.05) is 19.3 Å². The van der Waals surface area contributed by atoms with Crippen LogP contribution < -0.4 is 0 Å². The molecule has 0 bridgehead atoms. The van der Waals surface area contributed by atoms with Crippen molar-refractivity contribution in [3.63, 3.8) is 0 Å². The van der Waals surface area contributed by atoms with E-state index in [0.29, 0.717) is 0 Å². The van der Waals surface area contributed by atoms with Gasteiger partial charge in [0.15, 0.2) is 0 Å². The molecule has 6 heteroatoms. The number of carbonyl (C=O) groups excluding carboxylic acids is 1. The summed E-state index contributed by atoms with van der Waals surface area (Å²) in [5, 5.41) is 17.5. The summed E-state index contributed by atoms with van der Waals surface area (Å²) in [7, 11) is 0. The molecule has 16 heavy (non-hydrogen) atoms. The molecule has 0 atom stereocenters. The molecule has 0 aromatic carbocycles. The number of halogens is 1. The van der Waals surface area contributed by atoms with Crippen LogP contribution in [0.2, 0.25) is 0 Å². The normalized spacial score (nSPS) is 10.2. The van der Waals surface area contributed by atoms with Gasteiger partial charge in [-0.2, -0.15) is 4.39 Å². The van der Waals surface area contributed by atoms with Gasteiger partial charge in [-0.25, -0.2) is 4.98 Å². The predicted octanol–water partition coefficient (Wildman–Crippen LogP) is -0.352. The van der Waals surface area contributed by atoms with Crippen LogP contribution in [0, 0.1) is 5.95 Å². The van der Waals surface area contributed by atoms with Gasteiger partial charge in [-0.15, -0.1) is 0 Å². The van der Waals surface area contributed by atoms with E-state index < -0.39 is 11.9 Å². The highest BCUT2D eigenvalue weighted by Gasteiger charge is 2.14. The summed E-state index contributed by atoms with van der Waals surface area (Å²) >= 11 is 0. The van der Waals surface area contributed by atoms with Crippen molar-refractivity contribution in [1.82, 2.24) is 9.88 Å². The zero-order chi connectivity index (χ0) is 12.0. The van der Waals surface area contributed by atoms with Crippen LogP contribution in [-0.2, 0) is 0 Å². The molecule has 0 fully saturated rings. The van der Waals surface area contributed by atoms with Gasteiger partial charge < -0.3 is 15.1 Å². The minimum Gasteiger partial charge on any atom is -0.395 e. The zero-order valence-electron chi connectivity index (χ0n) is 8.64. The molecule has 0 aliphatic rings. The van der Waals surface area contributed by atoms with E-state index in [1.807, 2.05) is 0 Å². The summed E-state index contributed by atoms with van der Waals surface area (Å²) in [6.07, 6.45) is 1.12. The van der Waals surface area contributed by atoms with Gasteiger partial charge in [0.25, 0.3) is 5.91 Å². The Bertz CT molecular complexity index is 336. The third-order valence-corrected chi connectivity index (χ3v) is 2.00. The van der Waals surface area contributed by atoms with Crippen LogP contribution in [0.3, 0.4) is 0 Å². The fourth-order valence-corrected chi connectivity index (χ4v) is 1.24. The number of amides is 1. The summed E-state index contributed by atoms with van der Waals surface area (Å²) in [5.41, 5.74) is 0.225. The van der Waals surface area contributed by atoms with E-state index in [1.54, 1.807) is 0 Å². The molecule has 0 unspecified atom stereocenters. The van der Waals surface area contributed by atoms with Gasteiger partial charge in [-0.1, -0.05) is 0 Å². The Morgan fingerprint density at radius 3 is 2.38 bits per heavy atom. The van der Waals surface area contributed by atoms with Crippen LogP contribution in [0.25, 0.3) is 0 Å². The molecule has 1 aromatic heterocycles. The Balaban J connectivity index is 2.77. The molecule has 2 N–H and O–H groups in total. The van der Waals surface area contributed by atoms with Crippen molar-refractivity contribution in [3.05, 3.63) is 29.8 Å². The van der Waals surface area contributed by atoms with Crippen molar-refractivity contribution in [1.29, 1.82) is 0 Å². The minimum absolute atomic E-state index is 0.122. The van der Waals surface area contributed by atoms with Crippen LogP contribution in [-0.4, -0.2) is 52.3 Å². The molecule has 0 aliphatic carbocycles. The second kappa shape index (κ2) is 6.14. The Labute approximate surface area is 92.2 Å². The van der Waals surface area contributed by atoms with Gasteiger partial charge in [0.2, 0.25) is 5.95 Å². The minimum atomic E-state index is -0.660. The molecule has 1 amide bonds. The summed E-state index contributed by atoms with van der Waals surface area (Å²) in [4.78, 5) is 16.4. The summed E-state index contributed by atoms with van der Waals surface area (Å²) in [5.74, 6) is -1.05. The molecule has 0 spiro atoms. The van der Waals surface area contributed by atoms with E-state index in [9.17, 15) is 9.18 Å². The zero-order valence-corrected chi connectivity index (χ0v) is 8.64. The number of aliphatic hydroxyl groups is 2. The van der Waals surface area contributed by atoms with E-state index in [2.05, 4.69) is 4.98 Å². The number of hydrogen-bond acceptors (Lipinski definition) is 4. The van der Waals surface area contributed by atoms with Crippen LogP contribution in [0.5, 0.6) is 0 Å². The summed E-state index contributed by atoms with van der Waals surface area (Å²) in [6.45, 7) is -0.145. The third-order valence-electron chi connectivity index (χ3n) is 2.00. The molecule has 5 nitrogen and oxygen atoms in total. The van der Waals surface area contributed by atoms with Gasteiger partial charge in [0.05, 0.1) is 18.8 Å². The van der Waals surface area contributed by atoms with Crippen molar-refractivity contribution in [2.24, 2.45) is 0 Å². The average Bonchev–Trinajstić information content (AvgIpc) is 2.29. The highest BCUT2D eigenvalue weighted by molar-refractivity contribution is 5.93. The van der Waals surface area contributed by atoms with Crippen LogP contribution in [0.15, 0.2) is 18.3 Å². The SMILES string of the molecule is O=C(c1ccc(F)nc1)N(CCO)CCO. The summed E-state index contributed by atoms with van der Waals surface area (Å²) < 4.78 is 12.5. The lowest BCUT2D eigenvalue weighted by Gasteiger charge is -2.20. The fraction of sp³-hybridized carbons (Fsp3) is 0.400. The smallest absolute Gasteiger partial charge is 0.255 e. The van der Waals surface area contributed by atoms with Crippen molar-refractivity contribution in [2.45, 2.75) is 0 Å². The lowest BCUT2D eigenvalue weighted by atomic mass is 10.2.